The number of amides is 1. The standard InChI is InChI=1S/C20H26FN5O2/c21-17-5-3-4-16(14-17)19-6-1-2-7-26(19)20(27)18-15-25(23-22-18)9-8-24-10-12-28-13-11-24/h3-5,14-15,19H,1-2,6-13H2/t19-/m0/s1. The van der Waals surface area contributed by atoms with Gasteiger partial charge >= 0.3 is 0 Å². The molecule has 2 aliphatic rings. The van der Waals surface area contributed by atoms with E-state index in [1.165, 1.54) is 12.1 Å². The van der Waals surface area contributed by atoms with Gasteiger partial charge < -0.3 is 9.64 Å². The number of likely N-dealkylation sites (tertiary alicyclic amines) is 1. The SMILES string of the molecule is O=C(c1cn(CCN2CCOCC2)nn1)N1CCCC[C@H]1c1cccc(F)c1. The van der Waals surface area contributed by atoms with Crippen LogP contribution in [0.2, 0.25) is 0 Å². The Morgan fingerprint density at radius 3 is 2.86 bits per heavy atom. The molecule has 0 spiro atoms. The molecule has 7 nitrogen and oxygen atoms in total. The number of halogens is 1. The summed E-state index contributed by atoms with van der Waals surface area (Å²) < 4.78 is 20.8. The second-order valence-corrected chi connectivity index (χ2v) is 7.39. The van der Waals surface area contributed by atoms with Crippen LogP contribution in [-0.4, -0.2) is 70.1 Å². The Labute approximate surface area is 164 Å². The number of carbonyl (C=O) groups excluding carboxylic acids is 1. The van der Waals surface area contributed by atoms with Crippen molar-refractivity contribution in [2.45, 2.75) is 31.8 Å². The molecule has 1 aromatic heterocycles. The highest BCUT2D eigenvalue weighted by Crippen LogP contribution is 2.32. The molecule has 0 N–H and O–H groups in total. The number of benzene rings is 1. The van der Waals surface area contributed by atoms with Crippen molar-refractivity contribution in [3.8, 4) is 0 Å². The number of hydrogen-bond acceptors (Lipinski definition) is 5. The van der Waals surface area contributed by atoms with Crippen molar-refractivity contribution in [3.05, 3.63) is 47.5 Å². The molecule has 0 saturated carbocycles. The lowest BCUT2D eigenvalue weighted by Crippen LogP contribution is -2.38. The van der Waals surface area contributed by atoms with E-state index < -0.39 is 0 Å². The van der Waals surface area contributed by atoms with Crippen molar-refractivity contribution in [3.63, 3.8) is 0 Å². The molecule has 0 radical (unpaired) electrons. The summed E-state index contributed by atoms with van der Waals surface area (Å²) in [6.45, 7) is 5.56. The normalized spacial score (nSPS) is 21.0. The maximum Gasteiger partial charge on any atom is 0.276 e. The molecule has 1 aromatic carbocycles. The molecule has 2 aromatic rings. The maximum atomic E-state index is 13.7. The third-order valence-corrected chi connectivity index (χ3v) is 5.50. The maximum absolute atomic E-state index is 13.7. The average molecular weight is 387 g/mol. The van der Waals surface area contributed by atoms with Crippen molar-refractivity contribution >= 4 is 5.91 Å². The summed E-state index contributed by atoms with van der Waals surface area (Å²) in [5.41, 5.74) is 1.19. The molecule has 0 unspecified atom stereocenters. The number of nitrogens with zero attached hydrogens (tertiary/aromatic N) is 5. The van der Waals surface area contributed by atoms with Gasteiger partial charge in [0, 0.05) is 26.2 Å². The Morgan fingerprint density at radius 1 is 1.18 bits per heavy atom. The molecule has 0 bridgehead atoms. The first kappa shape index (κ1) is 19.0. The molecule has 2 fully saturated rings. The van der Waals surface area contributed by atoms with Crippen LogP contribution in [0.3, 0.4) is 0 Å². The van der Waals surface area contributed by atoms with Gasteiger partial charge in [-0.2, -0.15) is 0 Å². The Morgan fingerprint density at radius 2 is 2.04 bits per heavy atom. The molecule has 28 heavy (non-hydrogen) atoms. The van der Waals surface area contributed by atoms with Crippen molar-refractivity contribution < 1.29 is 13.9 Å². The number of morpholine rings is 1. The summed E-state index contributed by atoms with van der Waals surface area (Å²) >= 11 is 0. The van der Waals surface area contributed by atoms with E-state index in [1.807, 2.05) is 11.0 Å². The van der Waals surface area contributed by atoms with Crippen LogP contribution in [-0.2, 0) is 11.3 Å². The topological polar surface area (TPSA) is 63.5 Å². The molecule has 2 saturated heterocycles. The monoisotopic (exact) mass is 387 g/mol. The van der Waals surface area contributed by atoms with E-state index in [4.69, 9.17) is 4.74 Å². The lowest BCUT2D eigenvalue weighted by atomic mass is 9.95. The minimum atomic E-state index is -0.274. The minimum absolute atomic E-state index is 0.115. The molecular weight excluding hydrogens is 361 g/mol. The fourth-order valence-corrected chi connectivity index (χ4v) is 3.96. The van der Waals surface area contributed by atoms with Gasteiger partial charge in [-0.1, -0.05) is 17.3 Å². The number of rotatable bonds is 5. The van der Waals surface area contributed by atoms with Gasteiger partial charge in [0.05, 0.1) is 32.0 Å². The molecule has 2 aliphatic heterocycles. The van der Waals surface area contributed by atoms with E-state index in [0.29, 0.717) is 18.8 Å². The zero-order chi connectivity index (χ0) is 19.3. The predicted octanol–water partition coefficient (Wildman–Crippen LogP) is 2.12. The first-order chi connectivity index (χ1) is 13.7. The van der Waals surface area contributed by atoms with Gasteiger partial charge in [0.15, 0.2) is 5.69 Å². The Bertz CT molecular complexity index is 805. The van der Waals surface area contributed by atoms with Crippen LogP contribution < -0.4 is 0 Å². The zero-order valence-electron chi connectivity index (χ0n) is 16.0. The van der Waals surface area contributed by atoms with Crippen LogP contribution in [0, 0.1) is 5.82 Å². The summed E-state index contributed by atoms with van der Waals surface area (Å²) in [4.78, 5) is 17.2. The molecule has 150 valence electrons. The van der Waals surface area contributed by atoms with E-state index in [2.05, 4.69) is 15.2 Å². The third kappa shape index (κ3) is 4.39. The number of piperidine rings is 1. The molecule has 1 amide bonds. The van der Waals surface area contributed by atoms with Crippen LogP contribution in [0.15, 0.2) is 30.5 Å². The summed E-state index contributed by atoms with van der Waals surface area (Å²) in [7, 11) is 0. The van der Waals surface area contributed by atoms with Crippen LogP contribution >= 0.6 is 0 Å². The second-order valence-electron chi connectivity index (χ2n) is 7.39. The fourth-order valence-electron chi connectivity index (χ4n) is 3.96. The number of ether oxygens (including phenoxy) is 1. The molecule has 0 aliphatic carbocycles. The smallest absolute Gasteiger partial charge is 0.276 e. The largest absolute Gasteiger partial charge is 0.379 e. The van der Waals surface area contributed by atoms with Crippen molar-refractivity contribution in [1.82, 2.24) is 24.8 Å². The second kappa shape index (κ2) is 8.79. The first-order valence-electron chi connectivity index (χ1n) is 9.97. The highest BCUT2D eigenvalue weighted by molar-refractivity contribution is 5.92. The van der Waals surface area contributed by atoms with Crippen LogP contribution in [0.25, 0.3) is 0 Å². The lowest BCUT2D eigenvalue weighted by molar-refractivity contribution is 0.0359. The number of aromatic nitrogens is 3. The molecular formula is C20H26FN5O2. The molecule has 4 rings (SSSR count). The highest BCUT2D eigenvalue weighted by atomic mass is 19.1. The average Bonchev–Trinajstić information content (AvgIpc) is 3.22. The summed E-state index contributed by atoms with van der Waals surface area (Å²) in [5.74, 6) is -0.406. The van der Waals surface area contributed by atoms with E-state index in [1.54, 1.807) is 16.9 Å². The van der Waals surface area contributed by atoms with Gasteiger partial charge in [-0.3, -0.25) is 14.4 Å². The van der Waals surface area contributed by atoms with E-state index in [9.17, 15) is 9.18 Å². The summed E-state index contributed by atoms with van der Waals surface area (Å²) in [5, 5.41) is 8.23. The Balaban J connectivity index is 1.43. The lowest BCUT2D eigenvalue weighted by Gasteiger charge is -2.35. The van der Waals surface area contributed by atoms with Gasteiger partial charge in [0.2, 0.25) is 0 Å². The van der Waals surface area contributed by atoms with Gasteiger partial charge in [0.1, 0.15) is 5.82 Å². The van der Waals surface area contributed by atoms with E-state index in [-0.39, 0.29) is 17.8 Å². The van der Waals surface area contributed by atoms with Crippen LogP contribution in [0.1, 0.15) is 41.4 Å². The van der Waals surface area contributed by atoms with Crippen molar-refractivity contribution in [1.29, 1.82) is 0 Å². The molecule has 3 heterocycles. The third-order valence-electron chi connectivity index (χ3n) is 5.50. The van der Waals surface area contributed by atoms with Crippen molar-refractivity contribution in [2.75, 3.05) is 39.4 Å². The van der Waals surface area contributed by atoms with Gasteiger partial charge in [-0.15, -0.1) is 5.10 Å². The number of carbonyl (C=O) groups is 1. The fraction of sp³-hybridized carbons (Fsp3) is 0.550. The Hall–Kier alpha value is -2.32. The minimum Gasteiger partial charge on any atom is -0.379 e. The highest BCUT2D eigenvalue weighted by Gasteiger charge is 2.30. The van der Waals surface area contributed by atoms with Crippen molar-refractivity contribution in [2.24, 2.45) is 0 Å². The van der Waals surface area contributed by atoms with Crippen LogP contribution in [0.5, 0.6) is 0 Å². The van der Waals surface area contributed by atoms with Gasteiger partial charge in [0.25, 0.3) is 5.91 Å². The quantitative estimate of drug-likeness (QED) is 0.786. The summed E-state index contributed by atoms with van der Waals surface area (Å²) in [6, 6.07) is 6.42. The van der Waals surface area contributed by atoms with Crippen LogP contribution in [0.4, 0.5) is 4.39 Å². The number of hydrogen-bond donors (Lipinski definition) is 0. The zero-order valence-corrected chi connectivity index (χ0v) is 16.0. The predicted molar refractivity (Wildman–Crippen MR) is 101 cm³/mol. The van der Waals surface area contributed by atoms with Gasteiger partial charge in [-0.05, 0) is 37.0 Å². The molecule has 1 atom stereocenters. The first-order valence-corrected chi connectivity index (χ1v) is 9.97. The Kier molecular flexibility index (Phi) is 5.97. The van der Waals surface area contributed by atoms with E-state index in [0.717, 1.165) is 57.7 Å². The van der Waals surface area contributed by atoms with Gasteiger partial charge in [-0.25, -0.2) is 4.39 Å². The molecule has 8 heteroatoms. The summed E-state index contributed by atoms with van der Waals surface area (Å²) in [6.07, 6.45) is 4.53. The van der Waals surface area contributed by atoms with E-state index >= 15 is 0 Å².